The molecule has 2 fully saturated rings. The molecule has 2 atom stereocenters. The fraction of sp³-hybridized carbons (Fsp3) is 0.619. The van der Waals surface area contributed by atoms with E-state index in [1.807, 2.05) is 0 Å². The average molecular weight is 402 g/mol. The Kier molecular flexibility index (Phi) is 6.71. The van der Waals surface area contributed by atoms with Crippen LogP contribution in [0.25, 0.3) is 0 Å². The Morgan fingerprint density at radius 2 is 1.90 bits per heavy atom. The second kappa shape index (κ2) is 9.24. The molecule has 1 saturated carbocycles. The molecular formula is C21H30N4O4. The maximum absolute atomic E-state index is 13.0. The van der Waals surface area contributed by atoms with Crippen LogP contribution >= 0.6 is 0 Å². The van der Waals surface area contributed by atoms with Crippen LogP contribution in [0.5, 0.6) is 5.88 Å². The Morgan fingerprint density at radius 3 is 2.55 bits per heavy atom. The third kappa shape index (κ3) is 4.86. The normalized spacial score (nSPS) is 22.8. The first-order chi connectivity index (χ1) is 13.9. The molecule has 1 aromatic rings. The fourth-order valence-corrected chi connectivity index (χ4v) is 4.59. The summed E-state index contributed by atoms with van der Waals surface area (Å²) in [7, 11) is 1.37. The van der Waals surface area contributed by atoms with Crippen molar-refractivity contribution in [1.82, 2.24) is 9.88 Å². The van der Waals surface area contributed by atoms with E-state index in [0.29, 0.717) is 18.4 Å². The molecule has 3 rings (SSSR count). The second-order valence-corrected chi connectivity index (χ2v) is 8.20. The summed E-state index contributed by atoms with van der Waals surface area (Å²) in [5.41, 5.74) is 5.62. The lowest BCUT2D eigenvalue weighted by molar-refractivity contribution is -0.147. The number of likely N-dealkylation sites (tertiary alicyclic amines) is 1. The maximum Gasteiger partial charge on any atom is 0.313 e. The third-order valence-electron chi connectivity index (χ3n) is 6.08. The Morgan fingerprint density at radius 1 is 1.17 bits per heavy atom. The van der Waals surface area contributed by atoms with Gasteiger partial charge in [-0.25, -0.2) is 4.98 Å². The van der Waals surface area contributed by atoms with Crippen LogP contribution in [0.1, 0.15) is 62.2 Å². The maximum atomic E-state index is 13.0. The predicted molar refractivity (Wildman–Crippen MR) is 108 cm³/mol. The van der Waals surface area contributed by atoms with E-state index in [1.165, 1.54) is 38.6 Å². The van der Waals surface area contributed by atoms with Gasteiger partial charge >= 0.3 is 11.8 Å². The third-order valence-corrected chi connectivity index (χ3v) is 6.08. The van der Waals surface area contributed by atoms with Gasteiger partial charge in [-0.15, -0.1) is 0 Å². The Labute approximate surface area is 171 Å². The topological polar surface area (TPSA) is 115 Å². The monoisotopic (exact) mass is 402 g/mol. The summed E-state index contributed by atoms with van der Waals surface area (Å²) in [6.45, 7) is 2.71. The molecule has 3 N–H and O–H groups in total. The number of primary amides is 1. The molecular weight excluding hydrogens is 372 g/mol. The number of carbonyl (C=O) groups excluding carboxylic acids is 3. The largest absolute Gasteiger partial charge is 0.480 e. The number of nitrogens with one attached hydrogen (secondary N) is 1. The zero-order chi connectivity index (χ0) is 21.0. The molecule has 2 aliphatic rings. The van der Waals surface area contributed by atoms with Crippen molar-refractivity contribution in [3.8, 4) is 5.88 Å². The smallest absolute Gasteiger partial charge is 0.313 e. The first-order valence-corrected chi connectivity index (χ1v) is 10.4. The van der Waals surface area contributed by atoms with Crippen LogP contribution in [-0.4, -0.2) is 47.3 Å². The van der Waals surface area contributed by atoms with Crippen molar-refractivity contribution in [3.63, 3.8) is 0 Å². The quantitative estimate of drug-likeness (QED) is 0.750. The first-order valence-electron chi connectivity index (χ1n) is 10.4. The van der Waals surface area contributed by atoms with Crippen molar-refractivity contribution in [3.05, 3.63) is 17.8 Å². The zero-order valence-electron chi connectivity index (χ0n) is 17.1. The molecule has 1 aliphatic carbocycles. The highest BCUT2D eigenvalue weighted by Crippen LogP contribution is 2.35. The van der Waals surface area contributed by atoms with Gasteiger partial charge in [0.05, 0.1) is 19.0 Å². The molecule has 8 nitrogen and oxygen atoms in total. The minimum Gasteiger partial charge on any atom is -0.480 e. The van der Waals surface area contributed by atoms with Gasteiger partial charge in [-0.3, -0.25) is 14.4 Å². The Bertz CT molecular complexity index is 776. The number of carbonyl (C=O) groups is 3. The number of ether oxygens (including phenoxy) is 1. The highest BCUT2D eigenvalue weighted by atomic mass is 16.5. The number of hydrogen-bond acceptors (Lipinski definition) is 5. The summed E-state index contributed by atoms with van der Waals surface area (Å²) in [6, 6.07) is 1.50. The molecule has 0 radical (unpaired) electrons. The molecule has 158 valence electrons. The van der Waals surface area contributed by atoms with Gasteiger partial charge in [0.1, 0.15) is 5.56 Å². The summed E-state index contributed by atoms with van der Waals surface area (Å²) in [4.78, 5) is 43.0. The lowest BCUT2D eigenvalue weighted by Crippen LogP contribution is -2.53. The molecule has 8 heteroatoms. The van der Waals surface area contributed by atoms with Crippen LogP contribution in [-0.2, 0) is 9.59 Å². The fourth-order valence-electron chi connectivity index (χ4n) is 4.59. The zero-order valence-corrected chi connectivity index (χ0v) is 17.1. The van der Waals surface area contributed by atoms with Gasteiger partial charge in [0.25, 0.3) is 5.91 Å². The molecule has 0 aromatic carbocycles. The summed E-state index contributed by atoms with van der Waals surface area (Å²) in [6.07, 6.45) is 9.24. The Balaban J connectivity index is 1.74. The van der Waals surface area contributed by atoms with E-state index in [-0.39, 0.29) is 23.2 Å². The highest BCUT2D eigenvalue weighted by molar-refractivity contribution is 6.39. The van der Waals surface area contributed by atoms with E-state index in [4.69, 9.17) is 10.5 Å². The molecule has 1 aliphatic heterocycles. The number of amides is 3. The number of methoxy groups -OCH3 is 1. The first kappa shape index (κ1) is 21.1. The van der Waals surface area contributed by atoms with Gasteiger partial charge in [0.2, 0.25) is 5.88 Å². The molecule has 1 aromatic heterocycles. The van der Waals surface area contributed by atoms with Gasteiger partial charge in [-0.05, 0) is 43.6 Å². The molecule has 0 spiro atoms. The van der Waals surface area contributed by atoms with Crippen LogP contribution in [0.2, 0.25) is 0 Å². The number of hydrogen-bond donors (Lipinski definition) is 2. The lowest BCUT2D eigenvalue weighted by Gasteiger charge is -2.43. The second-order valence-electron chi connectivity index (χ2n) is 8.20. The van der Waals surface area contributed by atoms with E-state index < -0.39 is 17.7 Å². The van der Waals surface area contributed by atoms with Gasteiger partial charge in [-0.1, -0.05) is 26.2 Å². The molecule has 2 heterocycles. The van der Waals surface area contributed by atoms with Crippen molar-refractivity contribution in [2.45, 2.75) is 57.9 Å². The predicted octanol–water partition coefficient (Wildman–Crippen LogP) is 2.33. The van der Waals surface area contributed by atoms with Crippen molar-refractivity contribution in [1.29, 1.82) is 0 Å². The Hall–Kier alpha value is -2.64. The minimum absolute atomic E-state index is 0.0458. The van der Waals surface area contributed by atoms with Crippen LogP contribution in [0.3, 0.4) is 0 Å². The summed E-state index contributed by atoms with van der Waals surface area (Å²) >= 11 is 0. The van der Waals surface area contributed by atoms with Crippen molar-refractivity contribution >= 4 is 23.4 Å². The number of rotatable bonds is 4. The molecule has 1 saturated heterocycles. The number of nitrogens with zero attached hydrogens (tertiary/aromatic N) is 2. The van der Waals surface area contributed by atoms with Crippen LogP contribution in [0.15, 0.2) is 12.3 Å². The molecule has 0 bridgehead atoms. The van der Waals surface area contributed by atoms with Gasteiger partial charge in [0.15, 0.2) is 0 Å². The number of piperidine rings is 1. The number of pyridine rings is 1. The van der Waals surface area contributed by atoms with Crippen molar-refractivity contribution < 1.29 is 19.1 Å². The number of aromatic nitrogens is 1. The van der Waals surface area contributed by atoms with Gasteiger partial charge < -0.3 is 20.7 Å². The summed E-state index contributed by atoms with van der Waals surface area (Å²) in [5.74, 6) is -1.05. The molecule has 29 heavy (non-hydrogen) atoms. The van der Waals surface area contributed by atoms with Crippen molar-refractivity contribution in [2.24, 2.45) is 17.6 Å². The van der Waals surface area contributed by atoms with Crippen LogP contribution in [0, 0.1) is 11.8 Å². The van der Waals surface area contributed by atoms with Crippen molar-refractivity contribution in [2.75, 3.05) is 19.0 Å². The SMILES string of the molecule is COc1ncc(NC(=O)C(=O)N2C[C@H](C)CC[C@@H]2C2CCCCC2)cc1C(N)=O. The molecule has 3 amide bonds. The highest BCUT2D eigenvalue weighted by Gasteiger charge is 2.37. The van der Waals surface area contributed by atoms with E-state index >= 15 is 0 Å². The van der Waals surface area contributed by atoms with Crippen LogP contribution in [0.4, 0.5) is 5.69 Å². The summed E-state index contributed by atoms with van der Waals surface area (Å²) in [5, 5.41) is 2.57. The number of anilines is 1. The average Bonchev–Trinajstić information content (AvgIpc) is 2.73. The minimum atomic E-state index is -0.723. The van der Waals surface area contributed by atoms with E-state index in [2.05, 4.69) is 17.2 Å². The van der Waals surface area contributed by atoms with Gasteiger partial charge in [-0.2, -0.15) is 0 Å². The van der Waals surface area contributed by atoms with E-state index in [9.17, 15) is 14.4 Å². The van der Waals surface area contributed by atoms with E-state index in [0.717, 1.165) is 25.7 Å². The molecule has 0 unspecified atom stereocenters. The lowest BCUT2D eigenvalue weighted by atomic mass is 9.78. The standard InChI is InChI=1S/C21H30N4O4/c1-13-8-9-17(14-6-4-3-5-7-14)25(12-13)21(28)19(27)24-15-10-16(18(22)26)20(29-2)23-11-15/h10-11,13-14,17H,3-9,12H2,1-2H3,(H2,22,26)(H,24,27)/t13-,17-/m1/s1. The van der Waals surface area contributed by atoms with Crippen LogP contribution < -0.4 is 15.8 Å². The van der Waals surface area contributed by atoms with Gasteiger partial charge in [0, 0.05) is 12.6 Å². The number of nitrogens with two attached hydrogens (primary N) is 1. The summed E-state index contributed by atoms with van der Waals surface area (Å²) < 4.78 is 5.00. The van der Waals surface area contributed by atoms with E-state index in [1.54, 1.807) is 4.90 Å².